The molecule has 0 aliphatic carbocycles. The van der Waals surface area contributed by atoms with E-state index in [1.165, 1.54) is 37.7 Å². The van der Waals surface area contributed by atoms with Crippen LogP contribution in [0.1, 0.15) is 49.4 Å². The largest absolute Gasteiger partial charge is 0.339 e. The van der Waals surface area contributed by atoms with Crippen LogP contribution in [0.4, 0.5) is 0 Å². The van der Waals surface area contributed by atoms with Crippen molar-refractivity contribution in [3.8, 4) is 0 Å². The summed E-state index contributed by atoms with van der Waals surface area (Å²) in [5.74, 6) is 0.743. The van der Waals surface area contributed by atoms with Crippen LogP contribution in [-0.4, -0.2) is 38.6 Å². The predicted molar refractivity (Wildman–Crippen MR) is 87.7 cm³/mol. The van der Waals surface area contributed by atoms with E-state index < -0.39 is 9.84 Å². The second-order valence-electron chi connectivity index (χ2n) is 6.17. The lowest BCUT2D eigenvalue weighted by Crippen LogP contribution is -2.32. The van der Waals surface area contributed by atoms with Crippen molar-refractivity contribution in [1.29, 1.82) is 0 Å². The molecule has 1 aromatic carbocycles. The maximum absolute atomic E-state index is 12.6. The molecule has 22 heavy (non-hydrogen) atoms. The number of nitrogens with zero attached hydrogens (tertiary/aromatic N) is 1. The monoisotopic (exact) mass is 323 g/mol. The van der Waals surface area contributed by atoms with Crippen molar-refractivity contribution in [2.75, 3.05) is 19.3 Å². The van der Waals surface area contributed by atoms with Gasteiger partial charge in [-0.1, -0.05) is 19.8 Å². The molecule has 2 rings (SSSR count). The van der Waals surface area contributed by atoms with Gasteiger partial charge in [0.05, 0.1) is 4.90 Å². The van der Waals surface area contributed by atoms with Crippen molar-refractivity contribution in [2.45, 2.75) is 43.9 Å². The Balaban J connectivity index is 2.05. The minimum atomic E-state index is -3.21. The number of rotatable bonds is 4. The highest BCUT2D eigenvalue weighted by Gasteiger charge is 2.21. The van der Waals surface area contributed by atoms with Crippen molar-refractivity contribution in [3.63, 3.8) is 0 Å². The van der Waals surface area contributed by atoms with Crippen molar-refractivity contribution < 1.29 is 13.2 Å². The van der Waals surface area contributed by atoms with Gasteiger partial charge in [-0.25, -0.2) is 8.42 Å². The van der Waals surface area contributed by atoms with E-state index in [9.17, 15) is 13.2 Å². The van der Waals surface area contributed by atoms with E-state index in [0.717, 1.165) is 31.8 Å². The molecule has 1 aliphatic rings. The summed E-state index contributed by atoms with van der Waals surface area (Å²) in [6.45, 7) is 3.81. The van der Waals surface area contributed by atoms with E-state index >= 15 is 0 Å². The fourth-order valence-corrected chi connectivity index (χ4v) is 3.72. The summed E-state index contributed by atoms with van der Waals surface area (Å²) in [6.07, 6.45) is 6.94. The fourth-order valence-electron chi connectivity index (χ4n) is 3.09. The Labute approximate surface area is 133 Å². The Hall–Kier alpha value is -1.36. The number of hydrogen-bond donors (Lipinski definition) is 0. The van der Waals surface area contributed by atoms with Crippen LogP contribution in [0, 0.1) is 5.92 Å². The molecule has 0 saturated carbocycles. The fraction of sp³-hybridized carbons (Fsp3) is 0.588. The molecule has 0 radical (unpaired) electrons. The normalized spacial score (nSPS) is 19.7. The standard InChI is InChI=1S/C17H25NO3S/c1-3-5-14-6-4-12-18(13-11-14)17(19)15-7-9-16(10-8-15)22(2,20)21/h7-10,14H,3-6,11-13H2,1-2H3/t14-/m0/s1. The average Bonchev–Trinajstić information content (AvgIpc) is 2.72. The molecule has 122 valence electrons. The van der Waals surface area contributed by atoms with Crippen molar-refractivity contribution in [1.82, 2.24) is 4.90 Å². The van der Waals surface area contributed by atoms with Gasteiger partial charge in [0.25, 0.3) is 5.91 Å². The van der Waals surface area contributed by atoms with E-state index in [2.05, 4.69) is 6.92 Å². The Kier molecular flexibility index (Phi) is 5.62. The van der Waals surface area contributed by atoms with Gasteiger partial charge in [0.15, 0.2) is 9.84 Å². The molecule has 1 fully saturated rings. The molecule has 0 bridgehead atoms. The summed E-state index contributed by atoms with van der Waals surface area (Å²) in [5, 5.41) is 0. The third-order valence-corrected chi connectivity index (χ3v) is 5.49. The van der Waals surface area contributed by atoms with Crippen LogP contribution in [0.25, 0.3) is 0 Å². The molecule has 1 saturated heterocycles. The second kappa shape index (κ2) is 7.27. The molecule has 0 aromatic heterocycles. The zero-order valence-electron chi connectivity index (χ0n) is 13.4. The van der Waals surface area contributed by atoms with Gasteiger partial charge < -0.3 is 4.90 Å². The van der Waals surface area contributed by atoms with Crippen molar-refractivity contribution in [2.24, 2.45) is 5.92 Å². The van der Waals surface area contributed by atoms with Gasteiger partial charge in [-0.15, -0.1) is 0 Å². The van der Waals surface area contributed by atoms with Crippen molar-refractivity contribution >= 4 is 15.7 Å². The van der Waals surface area contributed by atoms with E-state index in [1.54, 1.807) is 12.1 Å². The number of carbonyl (C=O) groups is 1. The van der Waals surface area contributed by atoms with Gasteiger partial charge in [0, 0.05) is 24.9 Å². The first-order valence-electron chi connectivity index (χ1n) is 8.01. The van der Waals surface area contributed by atoms with Gasteiger partial charge in [0.1, 0.15) is 0 Å². The maximum Gasteiger partial charge on any atom is 0.253 e. The van der Waals surface area contributed by atoms with E-state index in [-0.39, 0.29) is 10.8 Å². The van der Waals surface area contributed by atoms with Gasteiger partial charge >= 0.3 is 0 Å². The predicted octanol–water partition coefficient (Wildman–Crippen LogP) is 3.13. The van der Waals surface area contributed by atoms with Crippen LogP contribution >= 0.6 is 0 Å². The summed E-state index contributed by atoms with van der Waals surface area (Å²) in [7, 11) is -3.21. The van der Waals surface area contributed by atoms with Gasteiger partial charge in [-0.2, -0.15) is 0 Å². The first-order chi connectivity index (χ1) is 10.4. The highest BCUT2D eigenvalue weighted by molar-refractivity contribution is 7.90. The summed E-state index contributed by atoms with van der Waals surface area (Å²) < 4.78 is 22.9. The molecule has 0 unspecified atom stereocenters. The van der Waals surface area contributed by atoms with Gasteiger partial charge in [-0.05, 0) is 49.4 Å². The highest BCUT2D eigenvalue weighted by Crippen LogP contribution is 2.23. The lowest BCUT2D eigenvalue weighted by molar-refractivity contribution is 0.0759. The Bertz CT molecular complexity index is 607. The summed E-state index contributed by atoms with van der Waals surface area (Å²) in [5.41, 5.74) is 0.571. The van der Waals surface area contributed by atoms with E-state index in [4.69, 9.17) is 0 Å². The number of benzene rings is 1. The molecule has 1 aromatic rings. The van der Waals surface area contributed by atoms with E-state index in [1.807, 2.05) is 4.90 Å². The second-order valence-corrected chi connectivity index (χ2v) is 8.19. The lowest BCUT2D eigenvalue weighted by Gasteiger charge is -2.21. The Morgan fingerprint density at radius 3 is 2.45 bits per heavy atom. The number of sulfone groups is 1. The number of hydrogen-bond acceptors (Lipinski definition) is 3. The minimum absolute atomic E-state index is 0.0113. The first-order valence-corrected chi connectivity index (χ1v) is 9.90. The molecule has 1 amide bonds. The van der Waals surface area contributed by atoms with Crippen LogP contribution in [0.3, 0.4) is 0 Å². The molecule has 0 spiro atoms. The number of likely N-dealkylation sites (tertiary alicyclic amines) is 1. The molecular weight excluding hydrogens is 298 g/mol. The molecular formula is C17H25NO3S. The molecule has 1 atom stereocenters. The summed E-state index contributed by atoms with van der Waals surface area (Å²) in [4.78, 5) is 14.7. The maximum atomic E-state index is 12.6. The molecule has 0 N–H and O–H groups in total. The van der Waals surface area contributed by atoms with Crippen LogP contribution < -0.4 is 0 Å². The van der Waals surface area contributed by atoms with Gasteiger partial charge in [0.2, 0.25) is 0 Å². The highest BCUT2D eigenvalue weighted by atomic mass is 32.2. The molecule has 1 heterocycles. The summed E-state index contributed by atoms with van der Waals surface area (Å²) >= 11 is 0. The smallest absolute Gasteiger partial charge is 0.253 e. The summed E-state index contributed by atoms with van der Waals surface area (Å²) in [6, 6.07) is 6.26. The van der Waals surface area contributed by atoms with Crippen LogP contribution in [0.5, 0.6) is 0 Å². The lowest BCUT2D eigenvalue weighted by atomic mass is 9.96. The minimum Gasteiger partial charge on any atom is -0.339 e. The quantitative estimate of drug-likeness (QED) is 0.855. The number of carbonyl (C=O) groups excluding carboxylic acids is 1. The van der Waals surface area contributed by atoms with Crippen molar-refractivity contribution in [3.05, 3.63) is 29.8 Å². The number of amides is 1. The topological polar surface area (TPSA) is 54.5 Å². The van der Waals surface area contributed by atoms with Gasteiger partial charge in [-0.3, -0.25) is 4.79 Å². The molecule has 5 heteroatoms. The zero-order chi connectivity index (χ0) is 16.2. The zero-order valence-corrected chi connectivity index (χ0v) is 14.2. The first kappa shape index (κ1) is 17.0. The van der Waals surface area contributed by atoms with Crippen LogP contribution in [0.15, 0.2) is 29.2 Å². The SMILES string of the molecule is CCC[C@H]1CCCN(C(=O)c2ccc(S(C)(=O)=O)cc2)CC1. The molecule has 1 aliphatic heterocycles. The Morgan fingerprint density at radius 2 is 1.86 bits per heavy atom. The third-order valence-electron chi connectivity index (χ3n) is 4.36. The Morgan fingerprint density at radius 1 is 1.18 bits per heavy atom. The van der Waals surface area contributed by atoms with Crippen LogP contribution in [0.2, 0.25) is 0 Å². The van der Waals surface area contributed by atoms with E-state index in [0.29, 0.717) is 5.56 Å². The molecule has 4 nitrogen and oxygen atoms in total. The average molecular weight is 323 g/mol. The third kappa shape index (κ3) is 4.32. The van der Waals surface area contributed by atoms with Crippen LogP contribution in [-0.2, 0) is 9.84 Å².